The highest BCUT2D eigenvalue weighted by Gasteiger charge is 2.16. The van der Waals surface area contributed by atoms with E-state index in [2.05, 4.69) is 32.5 Å². The minimum atomic E-state index is 0.859. The normalized spacial score (nSPS) is 13.9. The molecule has 4 rings (SSSR count). The van der Waals surface area contributed by atoms with Crippen molar-refractivity contribution in [2.24, 2.45) is 5.10 Å². The number of hydrogen-bond acceptors (Lipinski definition) is 6. The van der Waals surface area contributed by atoms with E-state index in [1.54, 1.807) is 17.5 Å². The van der Waals surface area contributed by atoms with Gasteiger partial charge in [0.1, 0.15) is 5.84 Å². The SMILES string of the molecule is c1ccc(N2CCC(Nc3nc(-c4cccnc4)cs3)=N2)cc1. The molecule has 1 aromatic carbocycles. The van der Waals surface area contributed by atoms with E-state index in [-0.39, 0.29) is 0 Å². The summed E-state index contributed by atoms with van der Waals surface area (Å²) >= 11 is 1.58. The zero-order valence-electron chi connectivity index (χ0n) is 12.4. The maximum atomic E-state index is 4.63. The average molecular weight is 321 g/mol. The summed E-state index contributed by atoms with van der Waals surface area (Å²) in [6, 6.07) is 14.1. The highest BCUT2D eigenvalue weighted by molar-refractivity contribution is 7.14. The number of nitrogens with zero attached hydrogens (tertiary/aromatic N) is 4. The quantitative estimate of drug-likeness (QED) is 0.796. The van der Waals surface area contributed by atoms with Gasteiger partial charge in [0.15, 0.2) is 5.13 Å². The first-order valence-electron chi connectivity index (χ1n) is 7.41. The Hall–Kier alpha value is -2.73. The van der Waals surface area contributed by atoms with Gasteiger partial charge in [-0.05, 0) is 24.3 Å². The maximum Gasteiger partial charge on any atom is 0.188 e. The Bertz CT molecular complexity index is 813. The van der Waals surface area contributed by atoms with E-state index in [1.807, 2.05) is 46.9 Å². The van der Waals surface area contributed by atoms with E-state index >= 15 is 0 Å². The van der Waals surface area contributed by atoms with E-state index in [9.17, 15) is 0 Å². The molecule has 0 spiro atoms. The fraction of sp³-hybridized carbons (Fsp3) is 0.118. The van der Waals surface area contributed by atoms with Crippen LogP contribution in [0.2, 0.25) is 0 Å². The highest BCUT2D eigenvalue weighted by atomic mass is 32.1. The third-order valence-corrected chi connectivity index (χ3v) is 4.33. The van der Waals surface area contributed by atoms with E-state index in [0.717, 1.165) is 40.9 Å². The second-order valence-electron chi connectivity index (χ2n) is 5.16. The van der Waals surface area contributed by atoms with Crippen molar-refractivity contribution in [1.29, 1.82) is 0 Å². The molecule has 1 N–H and O–H groups in total. The van der Waals surface area contributed by atoms with Gasteiger partial charge in [-0.25, -0.2) is 4.98 Å². The van der Waals surface area contributed by atoms with E-state index in [1.165, 1.54) is 0 Å². The topological polar surface area (TPSA) is 53.4 Å². The van der Waals surface area contributed by atoms with Crippen LogP contribution in [0.15, 0.2) is 65.3 Å². The molecule has 114 valence electrons. The first-order valence-corrected chi connectivity index (χ1v) is 8.29. The lowest BCUT2D eigenvalue weighted by atomic mass is 10.2. The van der Waals surface area contributed by atoms with Gasteiger partial charge in [0.25, 0.3) is 0 Å². The van der Waals surface area contributed by atoms with Crippen molar-refractivity contribution >= 4 is 28.0 Å². The Labute approximate surface area is 138 Å². The Kier molecular flexibility index (Phi) is 3.73. The van der Waals surface area contributed by atoms with Crippen LogP contribution in [0.1, 0.15) is 6.42 Å². The fourth-order valence-corrected chi connectivity index (χ4v) is 3.17. The fourth-order valence-electron chi connectivity index (χ4n) is 2.43. The largest absolute Gasteiger partial charge is 0.318 e. The smallest absolute Gasteiger partial charge is 0.188 e. The first-order chi connectivity index (χ1) is 11.4. The molecule has 0 radical (unpaired) electrons. The van der Waals surface area contributed by atoms with Gasteiger partial charge in [-0.15, -0.1) is 11.3 Å². The van der Waals surface area contributed by atoms with Gasteiger partial charge in [-0.1, -0.05) is 18.2 Å². The van der Waals surface area contributed by atoms with Crippen LogP contribution in [0, 0.1) is 0 Å². The van der Waals surface area contributed by atoms with Gasteiger partial charge in [-0.3, -0.25) is 9.99 Å². The summed E-state index contributed by atoms with van der Waals surface area (Å²) in [5.41, 5.74) is 3.07. The summed E-state index contributed by atoms with van der Waals surface area (Å²) < 4.78 is 0. The molecule has 1 aliphatic rings. The van der Waals surface area contributed by atoms with E-state index in [4.69, 9.17) is 0 Å². The molecule has 0 fully saturated rings. The van der Waals surface area contributed by atoms with Crippen molar-refractivity contribution < 1.29 is 0 Å². The number of amidine groups is 1. The summed E-state index contributed by atoms with van der Waals surface area (Å²) in [5.74, 6) is 0.945. The highest BCUT2D eigenvalue weighted by Crippen LogP contribution is 2.25. The maximum absolute atomic E-state index is 4.63. The molecule has 0 aliphatic carbocycles. The van der Waals surface area contributed by atoms with Gasteiger partial charge < -0.3 is 5.32 Å². The van der Waals surface area contributed by atoms with Crippen LogP contribution in [0.5, 0.6) is 0 Å². The van der Waals surface area contributed by atoms with Crippen LogP contribution in [-0.4, -0.2) is 22.3 Å². The molecule has 3 heterocycles. The number of hydrogen-bond donors (Lipinski definition) is 1. The van der Waals surface area contributed by atoms with Gasteiger partial charge in [0.05, 0.1) is 11.4 Å². The van der Waals surface area contributed by atoms with Crippen molar-refractivity contribution in [3.63, 3.8) is 0 Å². The molecule has 3 aromatic rings. The number of benzene rings is 1. The molecule has 1 aliphatic heterocycles. The predicted molar refractivity (Wildman–Crippen MR) is 94.8 cm³/mol. The van der Waals surface area contributed by atoms with Crippen LogP contribution in [0.3, 0.4) is 0 Å². The zero-order valence-corrected chi connectivity index (χ0v) is 13.2. The molecule has 5 nitrogen and oxygen atoms in total. The average Bonchev–Trinajstić information content (AvgIpc) is 3.27. The number of anilines is 2. The molecule has 0 saturated carbocycles. The molecule has 0 amide bonds. The number of pyridine rings is 1. The summed E-state index contributed by atoms with van der Waals surface area (Å²) in [5, 5.41) is 12.9. The molecular weight excluding hydrogens is 306 g/mol. The lowest BCUT2D eigenvalue weighted by Crippen LogP contribution is -2.11. The Morgan fingerprint density at radius 3 is 2.83 bits per heavy atom. The third-order valence-electron chi connectivity index (χ3n) is 3.57. The van der Waals surface area contributed by atoms with Crippen LogP contribution in [-0.2, 0) is 0 Å². The number of rotatable bonds is 3. The number of thiazole rings is 1. The molecule has 23 heavy (non-hydrogen) atoms. The second-order valence-corrected chi connectivity index (χ2v) is 6.02. The standard InChI is InChI=1S/C17H15N5S/c1-2-6-14(7-3-1)22-10-8-16(21-22)20-17-19-15(12-23-17)13-5-4-9-18-11-13/h1-7,9,11-12H,8,10H2,(H,19,20,21). The van der Waals surface area contributed by atoms with Gasteiger partial charge in [0, 0.05) is 36.3 Å². The van der Waals surface area contributed by atoms with Crippen molar-refractivity contribution in [3.8, 4) is 11.3 Å². The van der Waals surface area contributed by atoms with Crippen molar-refractivity contribution in [1.82, 2.24) is 9.97 Å². The lowest BCUT2D eigenvalue weighted by molar-refractivity contribution is 0.922. The Morgan fingerprint density at radius 2 is 2.00 bits per heavy atom. The number of hydrazone groups is 1. The predicted octanol–water partition coefficient (Wildman–Crippen LogP) is 3.84. The van der Waals surface area contributed by atoms with Crippen molar-refractivity contribution in [2.75, 3.05) is 16.9 Å². The van der Waals surface area contributed by atoms with Gasteiger partial charge >= 0.3 is 0 Å². The summed E-state index contributed by atoms with van der Waals surface area (Å²) in [4.78, 5) is 8.74. The third kappa shape index (κ3) is 3.07. The minimum Gasteiger partial charge on any atom is -0.318 e. The van der Waals surface area contributed by atoms with E-state index < -0.39 is 0 Å². The van der Waals surface area contributed by atoms with Crippen LogP contribution >= 0.6 is 11.3 Å². The summed E-state index contributed by atoms with van der Waals surface area (Å²) in [6.45, 7) is 0.882. The molecular formula is C17H15N5S. The van der Waals surface area contributed by atoms with Crippen LogP contribution in [0.25, 0.3) is 11.3 Å². The molecule has 2 aromatic heterocycles. The van der Waals surface area contributed by atoms with Crippen molar-refractivity contribution in [2.45, 2.75) is 6.42 Å². The van der Waals surface area contributed by atoms with Gasteiger partial charge in [0.2, 0.25) is 0 Å². The van der Waals surface area contributed by atoms with Gasteiger partial charge in [-0.2, -0.15) is 5.10 Å². The summed E-state index contributed by atoms with van der Waals surface area (Å²) in [6.07, 6.45) is 4.47. The summed E-state index contributed by atoms with van der Waals surface area (Å²) in [7, 11) is 0. The second kappa shape index (κ2) is 6.18. The monoisotopic (exact) mass is 321 g/mol. The number of nitrogens with one attached hydrogen (secondary N) is 1. The Morgan fingerprint density at radius 1 is 1.09 bits per heavy atom. The molecule has 6 heteroatoms. The van der Waals surface area contributed by atoms with Crippen LogP contribution in [0.4, 0.5) is 10.8 Å². The van der Waals surface area contributed by atoms with Crippen LogP contribution < -0.4 is 10.3 Å². The molecule has 0 unspecified atom stereocenters. The molecule has 0 atom stereocenters. The van der Waals surface area contributed by atoms with E-state index in [0.29, 0.717) is 0 Å². The minimum absolute atomic E-state index is 0.859. The van der Waals surface area contributed by atoms with Crippen molar-refractivity contribution in [3.05, 3.63) is 60.2 Å². The lowest BCUT2D eigenvalue weighted by Gasteiger charge is -2.12. The zero-order chi connectivity index (χ0) is 15.5. The Balaban J connectivity index is 1.48. The number of para-hydroxylation sites is 1. The number of aromatic nitrogens is 2. The molecule has 0 saturated heterocycles. The molecule has 0 bridgehead atoms. The first kappa shape index (κ1) is 13.9.